The molecule has 0 spiro atoms. The molecular formula is C67H84. The molecule has 6 aromatic carbocycles. The highest BCUT2D eigenvalue weighted by atomic mass is 14.6. The van der Waals surface area contributed by atoms with Gasteiger partial charge in [0.1, 0.15) is 0 Å². The average molecular weight is 889 g/mol. The second kappa shape index (κ2) is 20.1. The minimum Gasteiger partial charge on any atom is -0.0622 e. The summed E-state index contributed by atoms with van der Waals surface area (Å²) in [6.45, 7) is 9.92. The maximum absolute atomic E-state index is 2.56. The Balaban J connectivity index is 0.000000105. The summed E-state index contributed by atoms with van der Waals surface area (Å²) in [5.41, 5.74) is 8.07. The van der Waals surface area contributed by atoms with Gasteiger partial charge >= 0.3 is 0 Å². The van der Waals surface area contributed by atoms with Gasteiger partial charge < -0.3 is 0 Å². The van der Waals surface area contributed by atoms with Crippen LogP contribution in [0.25, 0.3) is 21.5 Å². The van der Waals surface area contributed by atoms with Gasteiger partial charge in [0.15, 0.2) is 0 Å². The van der Waals surface area contributed by atoms with Crippen molar-refractivity contribution in [2.75, 3.05) is 0 Å². The third-order valence-corrected chi connectivity index (χ3v) is 20.1. The number of benzene rings is 6. The number of rotatable bonds is 4. The summed E-state index contributed by atoms with van der Waals surface area (Å²) in [5.74, 6) is 6.18. The molecule has 3 atom stereocenters. The van der Waals surface area contributed by atoms with Crippen molar-refractivity contribution in [1.29, 1.82) is 0 Å². The molecule has 8 aliphatic rings. The molecule has 14 rings (SSSR count). The first-order chi connectivity index (χ1) is 32.6. The second-order valence-corrected chi connectivity index (χ2v) is 24.4. The third kappa shape index (κ3) is 10.00. The fraction of sp³-hybridized carbons (Fsp3) is 0.522. The predicted molar refractivity (Wildman–Crippen MR) is 288 cm³/mol. The molecule has 0 amide bonds. The Hall–Kier alpha value is -4.16. The van der Waals surface area contributed by atoms with Crippen LogP contribution in [-0.4, -0.2) is 0 Å². The van der Waals surface area contributed by atoms with E-state index in [1.807, 2.05) is 0 Å². The predicted octanol–water partition coefficient (Wildman–Crippen LogP) is 19.1. The summed E-state index contributed by atoms with van der Waals surface area (Å²) < 4.78 is 0. The van der Waals surface area contributed by atoms with E-state index in [4.69, 9.17) is 0 Å². The van der Waals surface area contributed by atoms with Crippen LogP contribution >= 0.6 is 0 Å². The minimum atomic E-state index is 0.419. The van der Waals surface area contributed by atoms with Gasteiger partial charge in [-0.1, -0.05) is 231 Å². The number of fused-ring (bicyclic) bond motifs is 3. The first-order valence-corrected chi connectivity index (χ1v) is 27.7. The summed E-state index contributed by atoms with van der Waals surface area (Å²) in [6, 6.07) is 53.9. The molecule has 8 fully saturated rings. The van der Waals surface area contributed by atoms with Gasteiger partial charge in [-0.3, -0.25) is 0 Å². The lowest BCUT2D eigenvalue weighted by molar-refractivity contribution is -0.0523. The Bertz CT molecular complexity index is 2490. The average Bonchev–Trinajstić information content (AvgIpc) is 3.83. The normalized spacial score (nSPS) is 31.0. The fourth-order valence-electron chi connectivity index (χ4n) is 15.8. The fourth-order valence-corrected chi connectivity index (χ4v) is 15.8. The molecule has 8 aliphatic carbocycles. The van der Waals surface area contributed by atoms with Crippen molar-refractivity contribution in [3.8, 4) is 0 Å². The lowest BCUT2D eigenvalue weighted by Crippen LogP contribution is -2.53. The van der Waals surface area contributed by atoms with E-state index in [2.05, 4.69) is 173 Å². The highest BCUT2D eigenvalue weighted by Gasteiger charge is 2.55. The summed E-state index contributed by atoms with van der Waals surface area (Å²) in [6.07, 6.45) is 30.3. The number of hydrogen-bond donors (Lipinski definition) is 0. The van der Waals surface area contributed by atoms with Crippen LogP contribution in [0.2, 0.25) is 0 Å². The highest BCUT2D eigenvalue weighted by Crippen LogP contribution is 2.62. The van der Waals surface area contributed by atoms with Gasteiger partial charge in [0, 0.05) is 0 Å². The molecule has 8 saturated carbocycles. The third-order valence-electron chi connectivity index (χ3n) is 20.1. The maximum atomic E-state index is 2.56. The van der Waals surface area contributed by atoms with Crippen LogP contribution in [0.4, 0.5) is 0 Å². The molecule has 4 bridgehead atoms. The quantitative estimate of drug-likeness (QED) is 0.165. The Morgan fingerprint density at radius 3 is 1.27 bits per heavy atom. The lowest BCUT2D eigenvalue weighted by Gasteiger charge is -2.60. The second-order valence-electron chi connectivity index (χ2n) is 24.4. The Morgan fingerprint density at radius 2 is 0.761 bits per heavy atom. The molecular weight excluding hydrogens is 805 g/mol. The first-order valence-electron chi connectivity index (χ1n) is 27.7. The van der Waals surface area contributed by atoms with E-state index in [0.717, 1.165) is 35.5 Å². The molecule has 0 nitrogen and oxygen atoms in total. The van der Waals surface area contributed by atoms with E-state index >= 15 is 0 Å². The van der Waals surface area contributed by atoms with Gasteiger partial charge in [-0.25, -0.2) is 0 Å². The van der Waals surface area contributed by atoms with Crippen molar-refractivity contribution < 1.29 is 0 Å². The van der Waals surface area contributed by atoms with Crippen LogP contribution in [0.3, 0.4) is 0 Å². The van der Waals surface area contributed by atoms with Crippen molar-refractivity contribution in [2.24, 2.45) is 35.5 Å². The molecule has 352 valence electrons. The maximum Gasteiger partial charge on any atom is -0.00184 e. The Morgan fingerprint density at radius 1 is 0.328 bits per heavy atom. The molecule has 67 heavy (non-hydrogen) atoms. The standard InChI is InChI=1S/C17H22.C17H20.C17H24.C16H18/c1-17(14-5-3-2-4-6-14)15-8-12-7-13(10-15)11-16(17)9-12;1-17(11-5-2-6-12-17)16-10-9-14-7-3-4-8-15(14)13-16;1-17(16-9-3-2-4-10-16)12-11-14-7-5-6-8-15(14)13-17;1-16(10-4-5-11-16)15-9-8-13-6-2-3-7-14(13)12-15/h2-6,12-13,15-16H,7-11H2,1H3;3-4,7-10,13H,2,5-6,11-12H2,1H3;2-4,9-10,14-15H,5-8,11-13H2,1H3;2-3,6-9,12H,4-5,10-11H2,1H3. The highest BCUT2D eigenvalue weighted by molar-refractivity contribution is 5.84. The van der Waals surface area contributed by atoms with Crippen LogP contribution in [0.1, 0.15) is 185 Å². The summed E-state index contributed by atoms with van der Waals surface area (Å²) in [7, 11) is 0. The van der Waals surface area contributed by atoms with Crippen molar-refractivity contribution in [3.63, 3.8) is 0 Å². The van der Waals surface area contributed by atoms with E-state index < -0.39 is 0 Å². The van der Waals surface area contributed by atoms with Crippen LogP contribution in [-0.2, 0) is 21.7 Å². The molecule has 0 N–H and O–H groups in total. The van der Waals surface area contributed by atoms with Crippen molar-refractivity contribution in [2.45, 2.75) is 184 Å². The van der Waals surface area contributed by atoms with E-state index in [1.54, 1.807) is 17.5 Å². The van der Waals surface area contributed by atoms with Gasteiger partial charge in [-0.2, -0.15) is 0 Å². The molecule has 0 aromatic heterocycles. The van der Waals surface area contributed by atoms with Crippen molar-refractivity contribution in [3.05, 3.63) is 168 Å². The van der Waals surface area contributed by atoms with E-state index in [9.17, 15) is 0 Å². The van der Waals surface area contributed by atoms with Crippen LogP contribution in [0, 0.1) is 35.5 Å². The smallest absolute Gasteiger partial charge is 0.00184 e. The topological polar surface area (TPSA) is 0 Å². The van der Waals surface area contributed by atoms with Gasteiger partial charge in [-0.15, -0.1) is 0 Å². The molecule has 0 aliphatic heterocycles. The van der Waals surface area contributed by atoms with Crippen molar-refractivity contribution >= 4 is 21.5 Å². The molecule has 0 heterocycles. The Labute approximate surface area is 407 Å². The van der Waals surface area contributed by atoms with Crippen molar-refractivity contribution in [1.82, 2.24) is 0 Å². The zero-order chi connectivity index (χ0) is 45.9. The minimum absolute atomic E-state index is 0.419. The van der Waals surface area contributed by atoms with Crippen LogP contribution < -0.4 is 0 Å². The van der Waals surface area contributed by atoms with Gasteiger partial charge in [-0.05, 0) is 178 Å². The van der Waals surface area contributed by atoms with E-state index in [1.165, 1.54) is 161 Å². The van der Waals surface area contributed by atoms with Gasteiger partial charge in [0.05, 0.1) is 0 Å². The SMILES string of the molecule is CC1(c2ccc3ccccc3c2)CCCC1.CC1(c2ccc3ccccc3c2)CCCCC1.CC1(c2ccccc2)C2CC3CC(C2)CC1C3.CC1(c2ccccc2)CCC2CCCCC2C1. The summed E-state index contributed by atoms with van der Waals surface area (Å²) in [4.78, 5) is 0. The van der Waals surface area contributed by atoms with Crippen LogP contribution in [0.5, 0.6) is 0 Å². The molecule has 3 unspecified atom stereocenters. The summed E-state index contributed by atoms with van der Waals surface area (Å²) in [5, 5.41) is 5.48. The Kier molecular flexibility index (Phi) is 13.9. The van der Waals surface area contributed by atoms with E-state index in [0.29, 0.717) is 21.7 Å². The molecule has 0 heteroatoms. The first kappa shape index (κ1) is 46.6. The van der Waals surface area contributed by atoms with Gasteiger partial charge in [0.2, 0.25) is 0 Å². The molecule has 0 radical (unpaired) electrons. The number of hydrogen-bond acceptors (Lipinski definition) is 0. The molecule has 6 aromatic rings. The zero-order valence-corrected chi connectivity index (χ0v) is 42.2. The zero-order valence-electron chi connectivity index (χ0n) is 42.2. The molecule has 0 saturated heterocycles. The monoisotopic (exact) mass is 889 g/mol. The van der Waals surface area contributed by atoms with Crippen LogP contribution in [0.15, 0.2) is 146 Å². The summed E-state index contributed by atoms with van der Waals surface area (Å²) >= 11 is 0. The largest absolute Gasteiger partial charge is 0.0622 e. The van der Waals surface area contributed by atoms with E-state index in [-0.39, 0.29) is 0 Å². The lowest BCUT2D eigenvalue weighted by atomic mass is 9.44. The van der Waals surface area contributed by atoms with Gasteiger partial charge in [0.25, 0.3) is 0 Å².